The number of fused-ring (bicyclic) bond motifs is 1. The second-order valence-corrected chi connectivity index (χ2v) is 12.1. The first-order valence-electron chi connectivity index (χ1n) is 11.4. The Kier molecular flexibility index (Phi) is 4.94. The Morgan fingerprint density at radius 1 is 1.26 bits per heavy atom. The molecule has 0 bridgehead atoms. The van der Waals surface area contributed by atoms with E-state index < -0.39 is 5.60 Å². The predicted molar refractivity (Wildman–Crippen MR) is 126 cm³/mol. The first kappa shape index (κ1) is 21.0. The summed E-state index contributed by atoms with van der Waals surface area (Å²) in [7, 11) is 2.21. The number of amides is 1. The third kappa shape index (κ3) is 4.00. The molecule has 166 valence electrons. The topological polar surface area (TPSA) is 45.7 Å². The number of carbonyl (C=O) groups excluding carboxylic acids is 1. The SMILES string of the molecule is C[C@H]1CC=C(c2ccc3sc(C4CC5(C4)CN(C)C5)nc3c2)N(C(=O)OC(C)(C)C)C1. The molecule has 5 rings (SSSR count). The summed E-state index contributed by atoms with van der Waals surface area (Å²) in [5, 5.41) is 1.28. The standard InChI is InChI=1S/C25H33N3O2S/c1-16-6-8-20(28(13-16)23(29)30-24(2,3)4)17-7-9-21-19(10-17)26-22(31-21)18-11-25(12-18)14-27(5)15-25/h7-10,16,18H,6,11-15H2,1-5H3/t16-/m0/s1. The molecular weight excluding hydrogens is 406 g/mol. The van der Waals surface area contributed by atoms with Crippen LogP contribution >= 0.6 is 11.3 Å². The van der Waals surface area contributed by atoms with E-state index in [9.17, 15) is 4.79 Å². The molecule has 1 saturated heterocycles. The molecule has 0 N–H and O–H groups in total. The van der Waals surface area contributed by atoms with Crippen LogP contribution in [0.3, 0.4) is 0 Å². The van der Waals surface area contributed by atoms with Crippen molar-refractivity contribution < 1.29 is 9.53 Å². The molecular formula is C25H33N3O2S. The molecule has 2 fully saturated rings. The maximum Gasteiger partial charge on any atom is 0.414 e. The largest absolute Gasteiger partial charge is 0.443 e. The van der Waals surface area contributed by atoms with E-state index >= 15 is 0 Å². The van der Waals surface area contributed by atoms with Crippen LogP contribution in [0.4, 0.5) is 4.79 Å². The second kappa shape index (κ2) is 7.31. The Bertz CT molecular complexity index is 1040. The van der Waals surface area contributed by atoms with Crippen LogP contribution in [0.15, 0.2) is 24.3 Å². The van der Waals surface area contributed by atoms with E-state index in [1.807, 2.05) is 32.1 Å². The summed E-state index contributed by atoms with van der Waals surface area (Å²) in [5.74, 6) is 1.03. The fourth-order valence-corrected chi connectivity index (χ4v) is 6.52. The first-order valence-corrected chi connectivity index (χ1v) is 12.2. The Balaban J connectivity index is 1.38. The van der Waals surface area contributed by atoms with E-state index in [4.69, 9.17) is 9.72 Å². The molecule has 2 aliphatic heterocycles. The van der Waals surface area contributed by atoms with Crippen LogP contribution in [0.1, 0.15) is 63.4 Å². The molecule has 2 aromatic rings. The maximum atomic E-state index is 12.9. The van der Waals surface area contributed by atoms with Gasteiger partial charge in [0.25, 0.3) is 0 Å². The van der Waals surface area contributed by atoms with Crippen LogP contribution in [0, 0.1) is 11.3 Å². The summed E-state index contributed by atoms with van der Waals surface area (Å²) in [6, 6.07) is 6.45. The average molecular weight is 440 g/mol. The van der Waals surface area contributed by atoms with Crippen molar-refractivity contribution in [1.29, 1.82) is 0 Å². The van der Waals surface area contributed by atoms with Gasteiger partial charge < -0.3 is 9.64 Å². The quantitative estimate of drug-likeness (QED) is 0.600. The summed E-state index contributed by atoms with van der Waals surface area (Å²) in [6.07, 6.45) is 5.43. The lowest BCUT2D eigenvalue weighted by Crippen LogP contribution is -2.59. The lowest BCUT2D eigenvalue weighted by atomic mass is 9.58. The van der Waals surface area contributed by atoms with Crippen molar-refractivity contribution in [2.45, 2.75) is 58.5 Å². The van der Waals surface area contributed by atoms with Gasteiger partial charge in [0, 0.05) is 31.1 Å². The summed E-state index contributed by atoms with van der Waals surface area (Å²) >= 11 is 1.84. The highest BCUT2D eigenvalue weighted by Gasteiger charge is 2.52. The number of aromatic nitrogens is 1. The third-order valence-corrected chi connectivity index (χ3v) is 7.93. The summed E-state index contributed by atoms with van der Waals surface area (Å²) in [4.78, 5) is 22.1. The Morgan fingerprint density at radius 2 is 2.00 bits per heavy atom. The molecule has 1 aromatic heterocycles. The van der Waals surface area contributed by atoms with Gasteiger partial charge in [0.2, 0.25) is 0 Å². The predicted octanol–water partition coefficient (Wildman–Crippen LogP) is 5.72. The summed E-state index contributed by atoms with van der Waals surface area (Å²) < 4.78 is 6.93. The van der Waals surface area contributed by atoms with E-state index in [1.165, 1.54) is 35.6 Å². The molecule has 31 heavy (non-hydrogen) atoms. The lowest BCUT2D eigenvalue weighted by Gasteiger charge is -2.58. The minimum Gasteiger partial charge on any atom is -0.443 e. The van der Waals surface area contributed by atoms with Crippen LogP contribution in [0.2, 0.25) is 0 Å². The van der Waals surface area contributed by atoms with Crippen LogP contribution in [0.5, 0.6) is 0 Å². The molecule has 6 heteroatoms. The van der Waals surface area contributed by atoms with Gasteiger partial charge in [0.15, 0.2) is 0 Å². The lowest BCUT2D eigenvalue weighted by molar-refractivity contribution is -0.0584. The molecule has 1 spiro atoms. The Hall–Kier alpha value is -1.92. The molecule has 1 atom stereocenters. The summed E-state index contributed by atoms with van der Waals surface area (Å²) in [6.45, 7) is 11.1. The zero-order chi connectivity index (χ0) is 22.0. The molecule has 1 aliphatic carbocycles. The fourth-order valence-electron chi connectivity index (χ4n) is 5.47. The van der Waals surface area contributed by atoms with E-state index in [0.717, 1.165) is 23.2 Å². The van der Waals surface area contributed by atoms with Gasteiger partial charge in [-0.25, -0.2) is 9.78 Å². The summed E-state index contributed by atoms with van der Waals surface area (Å²) in [5.41, 5.74) is 3.11. The molecule has 0 radical (unpaired) electrons. The van der Waals surface area contributed by atoms with E-state index in [2.05, 4.69) is 43.1 Å². The van der Waals surface area contributed by atoms with E-state index in [0.29, 0.717) is 23.8 Å². The Morgan fingerprint density at radius 3 is 2.68 bits per heavy atom. The van der Waals surface area contributed by atoms with Gasteiger partial charge in [-0.05, 0) is 70.5 Å². The first-order chi connectivity index (χ1) is 14.6. The monoisotopic (exact) mass is 439 g/mol. The van der Waals surface area contributed by atoms with Gasteiger partial charge >= 0.3 is 6.09 Å². The molecule has 1 amide bonds. The van der Waals surface area contributed by atoms with Crippen LogP contribution in [0.25, 0.3) is 15.9 Å². The van der Waals surface area contributed by atoms with Gasteiger partial charge in [-0.3, -0.25) is 4.90 Å². The molecule has 3 aliphatic rings. The number of nitrogens with zero attached hydrogens (tertiary/aromatic N) is 3. The zero-order valence-electron chi connectivity index (χ0n) is 19.3. The number of thiazole rings is 1. The second-order valence-electron chi connectivity index (χ2n) is 11.0. The molecule has 3 heterocycles. The van der Waals surface area contributed by atoms with Crippen molar-refractivity contribution in [3.63, 3.8) is 0 Å². The van der Waals surface area contributed by atoms with Gasteiger partial charge in [-0.2, -0.15) is 0 Å². The fraction of sp³-hybridized carbons (Fsp3) is 0.600. The third-order valence-electron chi connectivity index (χ3n) is 6.73. The minimum atomic E-state index is -0.508. The number of allylic oxidation sites excluding steroid dienone is 1. The molecule has 0 unspecified atom stereocenters. The number of ether oxygens (including phenoxy) is 1. The van der Waals surface area contributed by atoms with Crippen LogP contribution in [-0.4, -0.2) is 53.2 Å². The smallest absolute Gasteiger partial charge is 0.414 e. The number of rotatable bonds is 2. The molecule has 1 aromatic carbocycles. The van der Waals surface area contributed by atoms with Gasteiger partial charge in [0.05, 0.1) is 20.9 Å². The van der Waals surface area contributed by atoms with Crippen molar-refractivity contribution in [2.75, 3.05) is 26.7 Å². The molecule has 5 nitrogen and oxygen atoms in total. The van der Waals surface area contributed by atoms with Crippen LogP contribution in [-0.2, 0) is 4.74 Å². The van der Waals surface area contributed by atoms with Crippen molar-refractivity contribution in [2.24, 2.45) is 11.3 Å². The number of carbonyl (C=O) groups is 1. The van der Waals surface area contributed by atoms with E-state index in [1.54, 1.807) is 4.90 Å². The van der Waals surface area contributed by atoms with Gasteiger partial charge in [0.1, 0.15) is 5.60 Å². The number of hydrogen-bond donors (Lipinski definition) is 0. The average Bonchev–Trinajstić information content (AvgIpc) is 3.04. The maximum absolute atomic E-state index is 12.9. The highest BCUT2D eigenvalue weighted by atomic mass is 32.1. The van der Waals surface area contributed by atoms with Crippen molar-refractivity contribution in [3.8, 4) is 0 Å². The minimum absolute atomic E-state index is 0.269. The zero-order valence-corrected chi connectivity index (χ0v) is 20.1. The van der Waals surface area contributed by atoms with Crippen LogP contribution < -0.4 is 0 Å². The highest BCUT2D eigenvalue weighted by Crippen LogP contribution is 2.56. The highest BCUT2D eigenvalue weighted by molar-refractivity contribution is 7.18. The van der Waals surface area contributed by atoms with Gasteiger partial charge in [-0.15, -0.1) is 11.3 Å². The normalized spacial score (nSPS) is 24.1. The number of likely N-dealkylation sites (tertiary alicyclic amines) is 1. The number of hydrogen-bond acceptors (Lipinski definition) is 5. The van der Waals surface area contributed by atoms with E-state index in [-0.39, 0.29) is 6.09 Å². The molecule has 1 saturated carbocycles. The van der Waals surface area contributed by atoms with Crippen molar-refractivity contribution in [3.05, 3.63) is 34.8 Å². The number of benzene rings is 1. The Labute approximate surface area is 189 Å². The van der Waals surface area contributed by atoms with Crippen molar-refractivity contribution >= 4 is 33.3 Å². The van der Waals surface area contributed by atoms with Crippen molar-refractivity contribution in [1.82, 2.24) is 14.8 Å². The van der Waals surface area contributed by atoms with Gasteiger partial charge in [-0.1, -0.05) is 19.1 Å².